The molecule has 0 saturated heterocycles. The molecule has 0 spiro atoms. The van der Waals surface area contributed by atoms with Gasteiger partial charge in [0.2, 0.25) is 0 Å². The van der Waals surface area contributed by atoms with E-state index in [4.69, 9.17) is 0 Å². The van der Waals surface area contributed by atoms with Crippen LogP contribution in [0.2, 0.25) is 17.3 Å². The van der Waals surface area contributed by atoms with Crippen LogP contribution in [0.15, 0.2) is 67.5 Å². The first-order chi connectivity index (χ1) is 12.0. The van der Waals surface area contributed by atoms with E-state index in [0.717, 1.165) is 27.8 Å². The van der Waals surface area contributed by atoms with Crippen molar-refractivity contribution in [1.29, 1.82) is 0 Å². The van der Waals surface area contributed by atoms with Crippen LogP contribution in [0.1, 0.15) is 0 Å². The molecule has 2 aromatic heterocycles. The van der Waals surface area contributed by atoms with E-state index in [0.29, 0.717) is 0 Å². The number of hydrogen-bond donors (Lipinski definition) is 0. The minimum atomic E-state index is -1.79. The van der Waals surface area contributed by atoms with E-state index in [1.165, 1.54) is 4.40 Å². The van der Waals surface area contributed by atoms with Gasteiger partial charge in [0.25, 0.3) is 0 Å². The second-order valence-corrected chi connectivity index (χ2v) is 17.9. The van der Waals surface area contributed by atoms with Crippen molar-refractivity contribution in [2.45, 2.75) is 17.3 Å². The Labute approximate surface area is 150 Å². The van der Waals surface area contributed by atoms with Crippen LogP contribution in [0.4, 0.5) is 0 Å². The van der Waals surface area contributed by atoms with Gasteiger partial charge in [0.1, 0.15) is 0 Å². The summed E-state index contributed by atoms with van der Waals surface area (Å²) in [4.78, 5) is 13.1. The molecule has 0 atom stereocenters. The summed E-state index contributed by atoms with van der Waals surface area (Å²) in [5.74, 6) is 7.23. The van der Waals surface area contributed by atoms with Gasteiger partial charge in [-0.2, -0.15) is 0 Å². The van der Waals surface area contributed by atoms with E-state index < -0.39 is 13.3 Å². The van der Waals surface area contributed by atoms with E-state index in [1.807, 2.05) is 10.8 Å². The topological polar surface area (TPSA) is 43.6 Å². The quantitative estimate of drug-likeness (QED) is 0.497. The molecule has 5 heteroatoms. The summed E-state index contributed by atoms with van der Waals surface area (Å²) in [6.45, 7) is 0. The van der Waals surface area contributed by atoms with Gasteiger partial charge in [0.15, 0.2) is 0 Å². The van der Waals surface area contributed by atoms with Crippen LogP contribution in [0.3, 0.4) is 0 Å². The van der Waals surface area contributed by atoms with Crippen molar-refractivity contribution in [3.8, 4) is 16.9 Å². The van der Waals surface area contributed by atoms with Crippen LogP contribution >= 0.6 is 0 Å². The molecule has 2 heterocycles. The molecule has 124 valence electrons. The fraction of sp³-hybridized carbons (Fsp3) is 0.150. The molecule has 0 saturated carbocycles. The van der Waals surface area contributed by atoms with E-state index >= 15 is 0 Å². The van der Waals surface area contributed by atoms with E-state index in [-0.39, 0.29) is 0 Å². The molecule has 0 aliphatic carbocycles. The van der Waals surface area contributed by atoms with Crippen molar-refractivity contribution < 1.29 is 0 Å². The van der Waals surface area contributed by atoms with Crippen LogP contribution in [-0.4, -0.2) is 32.8 Å². The van der Waals surface area contributed by atoms with Crippen molar-refractivity contribution in [3.63, 3.8) is 0 Å². The zero-order chi connectivity index (χ0) is 17.4. The number of rotatable bonds is 3. The number of nitrogens with zero attached hydrogens (tertiary/aromatic N) is 4. The zero-order valence-corrected chi connectivity index (χ0v) is 16.7. The predicted molar refractivity (Wildman–Crippen MR) is 105 cm³/mol. The summed E-state index contributed by atoms with van der Waals surface area (Å²) >= 11 is -1.79. The number of fused-ring (bicyclic) bond motifs is 1. The molecular formula is C20H20GeN4. The standard InChI is InChI=1S/C20H20GeN4/c1-21(2,3)16-6-4-15(5-7-16)20-18-9-8-17(25-11-10-22-14-25)12-19(18)23-13-24-20/h4-14H,1-3H3. The van der Waals surface area contributed by atoms with Gasteiger partial charge in [-0.3, -0.25) is 0 Å². The van der Waals surface area contributed by atoms with Crippen molar-refractivity contribution in [2.24, 2.45) is 0 Å². The molecule has 0 bridgehead atoms. The van der Waals surface area contributed by atoms with Crippen molar-refractivity contribution in [3.05, 3.63) is 67.5 Å². The maximum absolute atomic E-state index is 4.55. The molecule has 4 rings (SSSR count). The van der Waals surface area contributed by atoms with Crippen LogP contribution in [0, 0.1) is 0 Å². The Kier molecular flexibility index (Phi) is 3.92. The SMILES string of the molecule is [CH3][Ge]([CH3])([CH3])[c]1ccc(-c2ncnc3cc(-n4ccnc4)ccc23)cc1. The number of aromatic nitrogens is 4. The first-order valence-electron chi connectivity index (χ1n) is 8.36. The second-order valence-electron chi connectivity index (χ2n) is 7.22. The summed E-state index contributed by atoms with van der Waals surface area (Å²) in [5.41, 5.74) is 4.10. The van der Waals surface area contributed by atoms with Gasteiger partial charge in [-0.15, -0.1) is 0 Å². The van der Waals surface area contributed by atoms with Crippen LogP contribution in [0.5, 0.6) is 0 Å². The normalized spacial score (nSPS) is 11.8. The van der Waals surface area contributed by atoms with E-state index in [2.05, 4.69) is 74.7 Å². The molecule has 4 aromatic rings. The van der Waals surface area contributed by atoms with Gasteiger partial charge < -0.3 is 0 Å². The summed E-state index contributed by atoms with van der Waals surface area (Å²) < 4.78 is 3.48. The van der Waals surface area contributed by atoms with Gasteiger partial charge in [0, 0.05) is 0 Å². The Balaban J connectivity index is 1.80. The molecule has 0 fully saturated rings. The number of benzene rings is 2. The average molecular weight is 389 g/mol. The monoisotopic (exact) mass is 390 g/mol. The zero-order valence-electron chi connectivity index (χ0n) is 14.6. The Morgan fingerprint density at radius 1 is 0.920 bits per heavy atom. The van der Waals surface area contributed by atoms with Crippen LogP contribution in [-0.2, 0) is 0 Å². The second kappa shape index (κ2) is 6.11. The molecule has 0 unspecified atom stereocenters. The molecule has 25 heavy (non-hydrogen) atoms. The van der Waals surface area contributed by atoms with E-state index in [1.54, 1.807) is 18.9 Å². The molecule has 0 radical (unpaired) electrons. The summed E-state index contributed by atoms with van der Waals surface area (Å²) in [7, 11) is 0. The molecule has 0 aliphatic rings. The molecule has 0 N–H and O–H groups in total. The first-order valence-corrected chi connectivity index (χ1v) is 15.7. The first kappa shape index (κ1) is 16.0. The Morgan fingerprint density at radius 3 is 2.40 bits per heavy atom. The van der Waals surface area contributed by atoms with Gasteiger partial charge in [-0.05, 0) is 0 Å². The van der Waals surface area contributed by atoms with Crippen molar-refractivity contribution >= 4 is 28.6 Å². The van der Waals surface area contributed by atoms with Gasteiger partial charge in [0.05, 0.1) is 0 Å². The molecule has 0 amide bonds. The summed E-state index contributed by atoms with van der Waals surface area (Å²) in [5, 5.41) is 1.07. The predicted octanol–water partition coefficient (Wildman–Crippen LogP) is 4.03. The number of imidazole rings is 1. The third-order valence-electron chi connectivity index (χ3n) is 4.45. The van der Waals surface area contributed by atoms with E-state index in [9.17, 15) is 0 Å². The fourth-order valence-corrected chi connectivity index (χ4v) is 5.42. The van der Waals surface area contributed by atoms with Gasteiger partial charge in [-0.1, -0.05) is 0 Å². The third kappa shape index (κ3) is 3.09. The fourth-order valence-electron chi connectivity index (χ4n) is 2.98. The molecule has 2 aromatic carbocycles. The van der Waals surface area contributed by atoms with Crippen molar-refractivity contribution in [2.75, 3.05) is 0 Å². The van der Waals surface area contributed by atoms with Crippen molar-refractivity contribution in [1.82, 2.24) is 19.5 Å². The molecular weight excluding hydrogens is 369 g/mol. The average Bonchev–Trinajstić information content (AvgIpc) is 3.15. The Hall–Kier alpha value is -2.47. The summed E-state index contributed by atoms with van der Waals surface area (Å²) in [6.07, 6.45) is 7.14. The Morgan fingerprint density at radius 2 is 1.72 bits per heavy atom. The molecule has 4 nitrogen and oxygen atoms in total. The van der Waals surface area contributed by atoms with Gasteiger partial charge >= 0.3 is 150 Å². The van der Waals surface area contributed by atoms with Crippen LogP contribution in [0.25, 0.3) is 27.8 Å². The minimum absolute atomic E-state index is 0.939. The van der Waals surface area contributed by atoms with Gasteiger partial charge in [-0.25, -0.2) is 0 Å². The van der Waals surface area contributed by atoms with Crippen LogP contribution < -0.4 is 4.40 Å². The Bertz CT molecular complexity index is 1020. The number of hydrogen-bond acceptors (Lipinski definition) is 3. The maximum atomic E-state index is 4.55. The summed E-state index contributed by atoms with van der Waals surface area (Å²) in [6, 6.07) is 15.2. The third-order valence-corrected chi connectivity index (χ3v) is 8.78. The molecule has 0 aliphatic heterocycles.